The van der Waals surface area contributed by atoms with Crippen LogP contribution in [0.3, 0.4) is 0 Å². The van der Waals surface area contributed by atoms with Gasteiger partial charge in [0, 0.05) is 25.2 Å². The number of hydrogen-bond acceptors (Lipinski definition) is 4. The second kappa shape index (κ2) is 7.37. The standard InChI is InChI=1S/C16H16FN5O2/c1-3-12-7-14(22(2)21-12)20-16(24)15(23)19-9-11-5-4-10(8-18)6-13(11)17/h4-7H,3,9H2,1-2H3,(H,19,23)(H,20,24). The third kappa shape index (κ3) is 3.95. The summed E-state index contributed by atoms with van der Waals surface area (Å²) < 4.78 is 15.2. The lowest BCUT2D eigenvalue weighted by Crippen LogP contribution is -2.35. The monoisotopic (exact) mass is 329 g/mol. The number of nitrogens with one attached hydrogen (secondary N) is 2. The number of aryl methyl sites for hydroxylation is 2. The van der Waals surface area contributed by atoms with Crippen molar-refractivity contribution in [1.29, 1.82) is 5.26 Å². The molecule has 2 aromatic rings. The Kier molecular flexibility index (Phi) is 5.27. The van der Waals surface area contributed by atoms with Gasteiger partial charge >= 0.3 is 11.8 Å². The SMILES string of the molecule is CCc1cc(NC(=O)C(=O)NCc2ccc(C#N)cc2F)n(C)n1. The van der Waals surface area contributed by atoms with E-state index in [1.54, 1.807) is 13.1 Å². The Labute approximate surface area is 138 Å². The molecule has 0 unspecified atom stereocenters. The number of hydrogen-bond donors (Lipinski definition) is 2. The molecule has 2 rings (SSSR count). The molecule has 0 radical (unpaired) electrons. The molecule has 24 heavy (non-hydrogen) atoms. The van der Waals surface area contributed by atoms with Crippen LogP contribution < -0.4 is 10.6 Å². The normalized spacial score (nSPS) is 10.1. The van der Waals surface area contributed by atoms with Crippen molar-refractivity contribution in [3.63, 3.8) is 0 Å². The van der Waals surface area contributed by atoms with Crippen molar-refractivity contribution in [3.05, 3.63) is 46.9 Å². The summed E-state index contributed by atoms with van der Waals surface area (Å²) in [5.41, 5.74) is 1.15. The predicted octanol–water partition coefficient (Wildman–Crippen LogP) is 1.25. The smallest absolute Gasteiger partial charge is 0.314 e. The van der Waals surface area contributed by atoms with E-state index in [-0.39, 0.29) is 17.7 Å². The van der Waals surface area contributed by atoms with Crippen molar-refractivity contribution < 1.29 is 14.0 Å². The summed E-state index contributed by atoms with van der Waals surface area (Å²) in [6.07, 6.45) is 0.702. The molecule has 0 aliphatic carbocycles. The van der Waals surface area contributed by atoms with Crippen molar-refractivity contribution in [2.45, 2.75) is 19.9 Å². The Balaban J connectivity index is 1.96. The van der Waals surface area contributed by atoms with Crippen LogP contribution in [0.2, 0.25) is 0 Å². The summed E-state index contributed by atoms with van der Waals surface area (Å²) in [6, 6.07) is 7.39. The molecule has 0 bridgehead atoms. The zero-order valence-electron chi connectivity index (χ0n) is 13.3. The summed E-state index contributed by atoms with van der Waals surface area (Å²) in [6.45, 7) is 1.77. The van der Waals surface area contributed by atoms with Crippen LogP contribution in [0.5, 0.6) is 0 Å². The largest absolute Gasteiger partial charge is 0.344 e. The lowest BCUT2D eigenvalue weighted by Gasteiger charge is -2.07. The van der Waals surface area contributed by atoms with Gasteiger partial charge in [-0.3, -0.25) is 14.3 Å². The topological polar surface area (TPSA) is 99.8 Å². The van der Waals surface area contributed by atoms with Crippen LogP contribution in [0.25, 0.3) is 0 Å². The van der Waals surface area contributed by atoms with E-state index in [0.717, 1.165) is 11.8 Å². The highest BCUT2D eigenvalue weighted by Crippen LogP contribution is 2.11. The average Bonchev–Trinajstić information content (AvgIpc) is 2.93. The number of aromatic nitrogens is 2. The Morgan fingerprint density at radius 1 is 1.33 bits per heavy atom. The number of carbonyl (C=O) groups excluding carboxylic acids is 2. The van der Waals surface area contributed by atoms with Gasteiger partial charge in [0.1, 0.15) is 11.6 Å². The minimum Gasteiger partial charge on any atom is -0.344 e. The maximum atomic E-state index is 13.7. The number of nitriles is 1. The van der Waals surface area contributed by atoms with E-state index in [2.05, 4.69) is 15.7 Å². The first-order valence-corrected chi connectivity index (χ1v) is 7.25. The lowest BCUT2D eigenvalue weighted by molar-refractivity contribution is -0.136. The van der Waals surface area contributed by atoms with E-state index in [1.807, 2.05) is 13.0 Å². The van der Waals surface area contributed by atoms with Gasteiger partial charge in [-0.05, 0) is 18.6 Å². The van der Waals surface area contributed by atoms with Crippen molar-refractivity contribution in [2.75, 3.05) is 5.32 Å². The highest BCUT2D eigenvalue weighted by Gasteiger charge is 2.16. The summed E-state index contributed by atoms with van der Waals surface area (Å²) in [5.74, 6) is -1.97. The molecule has 0 aliphatic heterocycles. The van der Waals surface area contributed by atoms with Gasteiger partial charge in [-0.15, -0.1) is 0 Å². The summed E-state index contributed by atoms with van der Waals surface area (Å²) >= 11 is 0. The molecule has 0 atom stereocenters. The molecule has 7 nitrogen and oxygen atoms in total. The van der Waals surface area contributed by atoms with Crippen LogP contribution in [0.1, 0.15) is 23.7 Å². The minimum absolute atomic E-state index is 0.157. The molecule has 8 heteroatoms. The van der Waals surface area contributed by atoms with Gasteiger partial charge in [-0.1, -0.05) is 13.0 Å². The highest BCUT2D eigenvalue weighted by atomic mass is 19.1. The van der Waals surface area contributed by atoms with Crippen LogP contribution in [-0.4, -0.2) is 21.6 Å². The number of amides is 2. The molecule has 2 amide bonds. The van der Waals surface area contributed by atoms with Crippen LogP contribution in [0.15, 0.2) is 24.3 Å². The average molecular weight is 329 g/mol. The molecule has 1 heterocycles. The Morgan fingerprint density at radius 3 is 2.67 bits per heavy atom. The van der Waals surface area contributed by atoms with Crippen LogP contribution in [0.4, 0.5) is 10.2 Å². The molecule has 124 valence electrons. The molecular formula is C16H16FN5O2. The number of nitrogens with zero attached hydrogens (tertiary/aromatic N) is 3. The van der Waals surface area contributed by atoms with Crippen LogP contribution in [0, 0.1) is 17.1 Å². The fourth-order valence-corrected chi connectivity index (χ4v) is 2.01. The van der Waals surface area contributed by atoms with Crippen molar-refractivity contribution in [2.24, 2.45) is 7.05 Å². The molecule has 0 spiro atoms. The maximum Gasteiger partial charge on any atom is 0.314 e. The summed E-state index contributed by atoms with van der Waals surface area (Å²) in [5, 5.41) is 17.6. The first-order valence-electron chi connectivity index (χ1n) is 7.25. The lowest BCUT2D eigenvalue weighted by atomic mass is 10.1. The molecule has 0 saturated heterocycles. The fraction of sp³-hybridized carbons (Fsp3) is 0.250. The fourth-order valence-electron chi connectivity index (χ4n) is 2.01. The molecule has 2 N–H and O–H groups in total. The molecule has 0 fully saturated rings. The van der Waals surface area contributed by atoms with Crippen LogP contribution in [-0.2, 0) is 29.6 Å². The minimum atomic E-state index is -0.891. The molecule has 1 aromatic heterocycles. The third-order valence-corrected chi connectivity index (χ3v) is 3.36. The predicted molar refractivity (Wildman–Crippen MR) is 84.2 cm³/mol. The van der Waals surface area contributed by atoms with E-state index >= 15 is 0 Å². The zero-order chi connectivity index (χ0) is 17.7. The van der Waals surface area contributed by atoms with Gasteiger partial charge in [0.25, 0.3) is 0 Å². The quantitative estimate of drug-likeness (QED) is 0.825. The van der Waals surface area contributed by atoms with Gasteiger partial charge in [0.2, 0.25) is 0 Å². The first-order chi connectivity index (χ1) is 11.4. The van der Waals surface area contributed by atoms with E-state index in [4.69, 9.17) is 5.26 Å². The van der Waals surface area contributed by atoms with Gasteiger partial charge in [-0.2, -0.15) is 10.4 Å². The Hall–Kier alpha value is -3.21. The van der Waals surface area contributed by atoms with Crippen molar-refractivity contribution in [1.82, 2.24) is 15.1 Å². The second-order valence-corrected chi connectivity index (χ2v) is 5.05. The second-order valence-electron chi connectivity index (χ2n) is 5.05. The Bertz CT molecular complexity index is 822. The van der Waals surface area contributed by atoms with Gasteiger partial charge in [-0.25, -0.2) is 4.39 Å². The van der Waals surface area contributed by atoms with Gasteiger partial charge in [0.15, 0.2) is 0 Å². The summed E-state index contributed by atoms with van der Waals surface area (Å²) in [4.78, 5) is 23.7. The third-order valence-electron chi connectivity index (χ3n) is 3.36. The molecule has 0 saturated carbocycles. The van der Waals surface area contributed by atoms with Gasteiger partial charge < -0.3 is 10.6 Å². The maximum absolute atomic E-state index is 13.7. The zero-order valence-corrected chi connectivity index (χ0v) is 13.3. The number of benzene rings is 1. The first kappa shape index (κ1) is 17.1. The van der Waals surface area contributed by atoms with Crippen molar-refractivity contribution >= 4 is 17.6 Å². The van der Waals surface area contributed by atoms with Crippen molar-refractivity contribution in [3.8, 4) is 6.07 Å². The van der Waals surface area contributed by atoms with E-state index in [1.165, 1.54) is 16.8 Å². The van der Waals surface area contributed by atoms with E-state index < -0.39 is 17.6 Å². The molecular weight excluding hydrogens is 313 g/mol. The van der Waals surface area contributed by atoms with E-state index in [0.29, 0.717) is 12.2 Å². The highest BCUT2D eigenvalue weighted by molar-refractivity contribution is 6.39. The number of carbonyl (C=O) groups is 2. The number of rotatable bonds is 4. The van der Waals surface area contributed by atoms with Gasteiger partial charge in [0.05, 0.1) is 17.3 Å². The Morgan fingerprint density at radius 2 is 2.08 bits per heavy atom. The summed E-state index contributed by atoms with van der Waals surface area (Å²) in [7, 11) is 1.65. The number of halogens is 1. The van der Waals surface area contributed by atoms with Crippen LogP contribution >= 0.6 is 0 Å². The molecule has 0 aliphatic rings. The number of anilines is 1. The molecule has 1 aromatic carbocycles. The van der Waals surface area contributed by atoms with E-state index in [9.17, 15) is 14.0 Å².